The molecule has 0 amide bonds. The summed E-state index contributed by atoms with van der Waals surface area (Å²) < 4.78 is 11.2. The average Bonchev–Trinajstić information content (AvgIpc) is 2.58. The van der Waals surface area contributed by atoms with Gasteiger partial charge < -0.3 is 9.15 Å². The quantitative estimate of drug-likeness (QED) is 0.655. The van der Waals surface area contributed by atoms with Gasteiger partial charge in [-0.1, -0.05) is 46.3 Å². The third kappa shape index (κ3) is 2.92. The number of rotatable bonds is 3. The predicted molar refractivity (Wildman–Crippen MR) is 90.5 cm³/mol. The van der Waals surface area contributed by atoms with E-state index in [4.69, 9.17) is 9.15 Å². The number of hydrogen-bond donors (Lipinski definition) is 0. The fourth-order valence-electron chi connectivity index (χ4n) is 2.52. The molecule has 5 heteroatoms. The maximum atomic E-state index is 12.8. The molecular formula is C18H13BrO4. The number of hydrogen-bond acceptors (Lipinski definition) is 4. The van der Waals surface area contributed by atoms with E-state index in [0.29, 0.717) is 16.5 Å². The zero-order valence-corrected chi connectivity index (χ0v) is 13.9. The molecule has 0 radical (unpaired) electrons. The van der Waals surface area contributed by atoms with Gasteiger partial charge in [-0.25, -0.2) is 0 Å². The van der Waals surface area contributed by atoms with Gasteiger partial charge in [0, 0.05) is 4.47 Å². The van der Waals surface area contributed by atoms with Crippen LogP contribution in [0.3, 0.4) is 0 Å². The van der Waals surface area contributed by atoms with Crippen LogP contribution in [0.15, 0.2) is 68.5 Å². The van der Waals surface area contributed by atoms with Gasteiger partial charge in [-0.2, -0.15) is 0 Å². The summed E-state index contributed by atoms with van der Waals surface area (Å²) in [6, 6.07) is 14.2. The highest BCUT2D eigenvalue weighted by Gasteiger charge is 2.27. The summed E-state index contributed by atoms with van der Waals surface area (Å²) in [6.45, 7) is 0. The first-order valence-corrected chi connectivity index (χ1v) is 7.75. The molecule has 3 aromatic rings. The molecule has 3 rings (SSSR count). The van der Waals surface area contributed by atoms with Crippen molar-refractivity contribution in [3.8, 4) is 0 Å². The highest BCUT2D eigenvalue weighted by atomic mass is 79.9. The minimum atomic E-state index is -0.819. The maximum absolute atomic E-state index is 12.8. The molecule has 23 heavy (non-hydrogen) atoms. The van der Waals surface area contributed by atoms with Crippen molar-refractivity contribution in [3.63, 3.8) is 0 Å². The molecule has 4 nitrogen and oxygen atoms in total. The van der Waals surface area contributed by atoms with E-state index in [1.54, 1.807) is 30.3 Å². The Morgan fingerprint density at radius 3 is 2.61 bits per heavy atom. The van der Waals surface area contributed by atoms with Crippen molar-refractivity contribution in [2.75, 3.05) is 7.11 Å². The van der Waals surface area contributed by atoms with Gasteiger partial charge in [0.15, 0.2) is 5.43 Å². The van der Waals surface area contributed by atoms with E-state index in [1.165, 1.54) is 13.4 Å². The Morgan fingerprint density at radius 2 is 1.91 bits per heavy atom. The van der Waals surface area contributed by atoms with Gasteiger partial charge >= 0.3 is 5.97 Å². The van der Waals surface area contributed by atoms with Crippen LogP contribution in [-0.2, 0) is 9.53 Å². The lowest BCUT2D eigenvalue weighted by atomic mass is 9.92. The lowest BCUT2D eigenvalue weighted by molar-refractivity contribution is -0.141. The van der Waals surface area contributed by atoms with Crippen molar-refractivity contribution in [1.82, 2.24) is 0 Å². The molecule has 1 atom stereocenters. The maximum Gasteiger partial charge on any atom is 0.317 e. The van der Waals surface area contributed by atoms with Gasteiger partial charge in [-0.3, -0.25) is 9.59 Å². The van der Waals surface area contributed by atoms with E-state index in [-0.39, 0.29) is 11.0 Å². The Kier molecular flexibility index (Phi) is 4.30. The van der Waals surface area contributed by atoms with Crippen LogP contribution in [0.1, 0.15) is 17.0 Å². The largest absolute Gasteiger partial charge is 0.468 e. The number of fused-ring (bicyclic) bond motifs is 1. The lowest BCUT2D eigenvalue weighted by Crippen LogP contribution is -2.22. The molecule has 0 aliphatic rings. The number of esters is 1. The van der Waals surface area contributed by atoms with E-state index < -0.39 is 11.9 Å². The van der Waals surface area contributed by atoms with Gasteiger partial charge in [0.1, 0.15) is 11.5 Å². The molecular weight excluding hydrogens is 360 g/mol. The second kappa shape index (κ2) is 6.38. The van der Waals surface area contributed by atoms with Crippen molar-refractivity contribution in [3.05, 3.63) is 80.6 Å². The van der Waals surface area contributed by atoms with Crippen molar-refractivity contribution in [2.24, 2.45) is 0 Å². The summed E-state index contributed by atoms with van der Waals surface area (Å²) in [4.78, 5) is 25.1. The van der Waals surface area contributed by atoms with Crippen LogP contribution in [0, 0.1) is 0 Å². The van der Waals surface area contributed by atoms with Gasteiger partial charge in [0.25, 0.3) is 0 Å². The normalized spacial score (nSPS) is 12.1. The first-order valence-electron chi connectivity index (χ1n) is 6.95. The highest BCUT2D eigenvalue weighted by molar-refractivity contribution is 9.10. The molecule has 1 heterocycles. The number of carbonyl (C=O) groups is 1. The molecule has 0 bridgehead atoms. The molecule has 0 spiro atoms. The molecule has 0 fully saturated rings. The lowest BCUT2D eigenvalue weighted by Gasteiger charge is -2.14. The van der Waals surface area contributed by atoms with Gasteiger partial charge in [-0.15, -0.1) is 0 Å². The summed E-state index contributed by atoms with van der Waals surface area (Å²) in [5, 5.41) is 0.418. The van der Waals surface area contributed by atoms with Crippen LogP contribution in [0.2, 0.25) is 0 Å². The summed E-state index contributed by atoms with van der Waals surface area (Å²) in [5.41, 5.74) is 1.17. The smallest absolute Gasteiger partial charge is 0.317 e. The zero-order valence-electron chi connectivity index (χ0n) is 12.3. The molecule has 0 saturated carbocycles. The summed E-state index contributed by atoms with van der Waals surface area (Å²) in [6.07, 6.45) is 1.34. The minimum Gasteiger partial charge on any atom is -0.468 e. The highest BCUT2D eigenvalue weighted by Crippen LogP contribution is 2.26. The number of methoxy groups -OCH3 is 1. The predicted octanol–water partition coefficient (Wildman–Crippen LogP) is 3.86. The van der Waals surface area contributed by atoms with Gasteiger partial charge in [0.05, 0.1) is 24.3 Å². The van der Waals surface area contributed by atoms with E-state index >= 15 is 0 Å². The number of halogens is 1. The topological polar surface area (TPSA) is 56.5 Å². The molecule has 116 valence electrons. The van der Waals surface area contributed by atoms with Gasteiger partial charge in [-0.05, 0) is 23.8 Å². The summed E-state index contributed by atoms with van der Waals surface area (Å²) >= 11 is 3.34. The Bertz CT molecular complexity index is 915. The van der Waals surface area contributed by atoms with Crippen LogP contribution in [-0.4, -0.2) is 13.1 Å². The molecule has 0 saturated heterocycles. The monoisotopic (exact) mass is 372 g/mol. The molecule has 1 unspecified atom stereocenters. The Morgan fingerprint density at radius 1 is 1.17 bits per heavy atom. The Hall–Kier alpha value is -2.40. The molecule has 1 aromatic heterocycles. The fraction of sp³-hybridized carbons (Fsp3) is 0.111. The van der Waals surface area contributed by atoms with Crippen LogP contribution in [0.4, 0.5) is 0 Å². The molecule has 0 aliphatic carbocycles. The number of benzene rings is 2. The van der Waals surface area contributed by atoms with E-state index in [0.717, 1.165) is 4.47 Å². The van der Waals surface area contributed by atoms with Crippen molar-refractivity contribution in [2.45, 2.75) is 5.92 Å². The van der Waals surface area contributed by atoms with E-state index in [2.05, 4.69) is 15.9 Å². The van der Waals surface area contributed by atoms with Crippen molar-refractivity contribution >= 4 is 32.9 Å². The molecule has 0 aliphatic heterocycles. The summed E-state index contributed by atoms with van der Waals surface area (Å²) in [5.74, 6) is -1.32. The van der Waals surface area contributed by atoms with E-state index in [1.807, 2.05) is 18.2 Å². The standard InChI is InChI=1S/C18H13BrO4/c1-22-18(21)16(11-5-3-2-4-6-11)14-10-23-15-8-7-12(19)9-13(15)17(14)20/h2-10,16H,1H3. The number of carbonyl (C=O) groups excluding carboxylic acids is 1. The van der Waals surface area contributed by atoms with Crippen LogP contribution < -0.4 is 5.43 Å². The van der Waals surface area contributed by atoms with Crippen molar-refractivity contribution in [1.29, 1.82) is 0 Å². The Balaban J connectivity index is 2.25. The third-order valence-electron chi connectivity index (χ3n) is 3.64. The Labute approximate surface area is 140 Å². The van der Waals surface area contributed by atoms with Crippen LogP contribution in [0.25, 0.3) is 11.0 Å². The molecule has 2 aromatic carbocycles. The zero-order chi connectivity index (χ0) is 16.4. The van der Waals surface area contributed by atoms with Gasteiger partial charge in [0.2, 0.25) is 0 Å². The first kappa shape index (κ1) is 15.5. The van der Waals surface area contributed by atoms with Crippen LogP contribution >= 0.6 is 15.9 Å². The van der Waals surface area contributed by atoms with Crippen molar-refractivity contribution < 1.29 is 13.9 Å². The summed E-state index contributed by atoms with van der Waals surface area (Å²) in [7, 11) is 1.30. The fourth-order valence-corrected chi connectivity index (χ4v) is 2.88. The SMILES string of the molecule is COC(=O)C(c1ccccc1)c1coc2ccc(Br)cc2c1=O. The number of ether oxygens (including phenoxy) is 1. The second-order valence-electron chi connectivity index (χ2n) is 5.03. The average molecular weight is 373 g/mol. The second-order valence-corrected chi connectivity index (χ2v) is 5.94. The third-order valence-corrected chi connectivity index (χ3v) is 4.14. The first-order chi connectivity index (χ1) is 11.1. The van der Waals surface area contributed by atoms with E-state index in [9.17, 15) is 9.59 Å². The minimum absolute atomic E-state index is 0.244. The molecule has 0 N–H and O–H groups in total. The van der Waals surface area contributed by atoms with Crippen LogP contribution in [0.5, 0.6) is 0 Å².